The molecule has 0 aliphatic carbocycles. The number of nitrogens with zero attached hydrogens (tertiary/aromatic N) is 1. The smallest absolute Gasteiger partial charge is 0.0681 e. The first kappa shape index (κ1) is 16.2. The van der Waals surface area contributed by atoms with Gasteiger partial charge in [-0.25, -0.2) is 4.31 Å². The van der Waals surface area contributed by atoms with Crippen molar-refractivity contribution in [3.05, 3.63) is 42.5 Å². The molecule has 0 heterocycles. The summed E-state index contributed by atoms with van der Waals surface area (Å²) in [6, 6.07) is 8.21. The van der Waals surface area contributed by atoms with Crippen LogP contribution in [0.25, 0.3) is 0 Å². The number of aliphatic hydroxyl groups excluding tert-OH is 2. The average Bonchev–Trinajstić information content (AvgIpc) is 2.43. The maximum atomic E-state index is 9.50. The van der Waals surface area contributed by atoms with E-state index in [1.54, 1.807) is 11.9 Å². The predicted octanol–water partition coefficient (Wildman–Crippen LogP) is 2.83. The highest BCUT2D eigenvalue weighted by molar-refractivity contribution is 7.97. The number of aliphatic hydroxyl groups is 2. The van der Waals surface area contributed by atoms with Crippen molar-refractivity contribution in [2.75, 3.05) is 6.61 Å². The van der Waals surface area contributed by atoms with Gasteiger partial charge >= 0.3 is 0 Å². The number of benzene rings is 1. The Balaban J connectivity index is 2.78. The van der Waals surface area contributed by atoms with Crippen LogP contribution in [0.15, 0.2) is 41.8 Å². The van der Waals surface area contributed by atoms with Crippen LogP contribution < -0.4 is 0 Å². The van der Waals surface area contributed by atoms with Gasteiger partial charge < -0.3 is 10.2 Å². The van der Waals surface area contributed by atoms with E-state index in [4.69, 9.17) is 5.11 Å². The Hall–Kier alpha value is -0.810. The molecule has 1 atom stereocenters. The van der Waals surface area contributed by atoms with Crippen molar-refractivity contribution < 1.29 is 10.2 Å². The Bertz CT molecular complexity index is 378. The molecule has 1 unspecified atom stereocenters. The molecule has 19 heavy (non-hydrogen) atoms. The van der Waals surface area contributed by atoms with Crippen LogP contribution in [0.1, 0.15) is 25.8 Å². The minimum atomic E-state index is 0.0641. The fourth-order valence-corrected chi connectivity index (χ4v) is 2.84. The first-order valence-corrected chi connectivity index (χ1v) is 7.27. The van der Waals surface area contributed by atoms with Crippen LogP contribution in [0.5, 0.6) is 0 Å². The van der Waals surface area contributed by atoms with Crippen LogP contribution in [-0.2, 0) is 6.61 Å². The maximum absolute atomic E-state index is 9.50. The SMILES string of the molecule is C=CCC(CO)N(Sc1ccc(CO)cc1)C(C)C. The summed E-state index contributed by atoms with van der Waals surface area (Å²) >= 11 is 1.63. The van der Waals surface area contributed by atoms with Crippen LogP contribution in [-0.4, -0.2) is 33.2 Å². The maximum Gasteiger partial charge on any atom is 0.0681 e. The summed E-state index contributed by atoms with van der Waals surface area (Å²) in [5.41, 5.74) is 0.908. The molecular weight excluding hydrogens is 258 g/mol. The van der Waals surface area contributed by atoms with Gasteiger partial charge in [0.1, 0.15) is 0 Å². The van der Waals surface area contributed by atoms with Gasteiger partial charge in [0.2, 0.25) is 0 Å². The summed E-state index contributed by atoms with van der Waals surface area (Å²) in [6.45, 7) is 8.15. The Morgan fingerprint density at radius 2 is 1.89 bits per heavy atom. The molecule has 0 bridgehead atoms. The van der Waals surface area contributed by atoms with Crippen molar-refractivity contribution in [3.63, 3.8) is 0 Å². The van der Waals surface area contributed by atoms with Gasteiger partial charge in [0, 0.05) is 17.0 Å². The van der Waals surface area contributed by atoms with Gasteiger partial charge in [-0.15, -0.1) is 6.58 Å². The third-order valence-electron chi connectivity index (χ3n) is 2.84. The second kappa shape index (κ2) is 8.38. The third kappa shape index (κ3) is 4.99. The fourth-order valence-electron chi connectivity index (χ4n) is 1.83. The lowest BCUT2D eigenvalue weighted by Gasteiger charge is -2.32. The molecule has 1 aromatic rings. The van der Waals surface area contributed by atoms with E-state index < -0.39 is 0 Å². The Morgan fingerprint density at radius 1 is 1.26 bits per heavy atom. The zero-order valence-electron chi connectivity index (χ0n) is 11.6. The van der Waals surface area contributed by atoms with E-state index in [2.05, 4.69) is 24.7 Å². The van der Waals surface area contributed by atoms with E-state index in [9.17, 15) is 5.11 Å². The summed E-state index contributed by atoms with van der Waals surface area (Å²) in [5.74, 6) is 0. The summed E-state index contributed by atoms with van der Waals surface area (Å²) < 4.78 is 2.19. The lowest BCUT2D eigenvalue weighted by Crippen LogP contribution is -2.37. The molecule has 0 saturated heterocycles. The highest BCUT2D eigenvalue weighted by atomic mass is 32.2. The second-order valence-electron chi connectivity index (χ2n) is 4.71. The molecule has 0 amide bonds. The molecule has 1 rings (SSSR count). The second-order valence-corrected chi connectivity index (χ2v) is 5.78. The molecular formula is C15H23NO2S. The van der Waals surface area contributed by atoms with E-state index in [1.165, 1.54) is 0 Å². The van der Waals surface area contributed by atoms with Gasteiger partial charge in [-0.3, -0.25) is 0 Å². The first-order chi connectivity index (χ1) is 9.12. The van der Waals surface area contributed by atoms with Gasteiger partial charge in [0.15, 0.2) is 0 Å². The van der Waals surface area contributed by atoms with Crippen molar-refractivity contribution in [2.45, 2.75) is 43.9 Å². The molecule has 2 N–H and O–H groups in total. The Kier molecular flexibility index (Phi) is 7.16. The van der Waals surface area contributed by atoms with Crippen molar-refractivity contribution in [2.24, 2.45) is 0 Å². The van der Waals surface area contributed by atoms with Crippen LogP contribution in [0.4, 0.5) is 0 Å². The summed E-state index contributed by atoms with van der Waals surface area (Å²) in [6.07, 6.45) is 2.60. The van der Waals surface area contributed by atoms with Gasteiger partial charge in [-0.05, 0) is 49.9 Å². The topological polar surface area (TPSA) is 43.7 Å². The molecule has 0 aliphatic heterocycles. The molecule has 0 aromatic heterocycles. The Morgan fingerprint density at radius 3 is 2.32 bits per heavy atom. The number of hydrogen-bond donors (Lipinski definition) is 2. The molecule has 1 aromatic carbocycles. The predicted molar refractivity (Wildman–Crippen MR) is 80.9 cm³/mol. The Labute approximate surface area is 120 Å². The highest BCUT2D eigenvalue weighted by Crippen LogP contribution is 2.28. The first-order valence-electron chi connectivity index (χ1n) is 6.50. The molecule has 0 spiro atoms. The summed E-state index contributed by atoms with van der Waals surface area (Å²) in [4.78, 5) is 1.11. The van der Waals surface area contributed by atoms with E-state index in [0.29, 0.717) is 6.04 Å². The molecule has 0 radical (unpaired) electrons. The van der Waals surface area contributed by atoms with E-state index >= 15 is 0 Å². The molecule has 4 heteroatoms. The van der Waals surface area contributed by atoms with Gasteiger partial charge in [0.25, 0.3) is 0 Å². The van der Waals surface area contributed by atoms with Crippen LogP contribution in [0.3, 0.4) is 0 Å². The largest absolute Gasteiger partial charge is 0.395 e. The van der Waals surface area contributed by atoms with Gasteiger partial charge in [-0.2, -0.15) is 0 Å². The van der Waals surface area contributed by atoms with E-state index in [0.717, 1.165) is 16.9 Å². The molecule has 0 fully saturated rings. The molecule has 0 saturated carbocycles. The van der Waals surface area contributed by atoms with Crippen molar-refractivity contribution in [1.82, 2.24) is 4.31 Å². The van der Waals surface area contributed by atoms with Crippen LogP contribution in [0, 0.1) is 0 Å². The molecule has 3 nitrogen and oxygen atoms in total. The van der Waals surface area contributed by atoms with Crippen LogP contribution >= 0.6 is 11.9 Å². The monoisotopic (exact) mass is 281 g/mol. The summed E-state index contributed by atoms with van der Waals surface area (Å²) in [5, 5.41) is 18.5. The number of hydrogen-bond acceptors (Lipinski definition) is 4. The lowest BCUT2D eigenvalue weighted by atomic mass is 10.2. The molecule has 106 valence electrons. The number of rotatable bonds is 8. The highest BCUT2D eigenvalue weighted by Gasteiger charge is 2.20. The normalized spacial score (nSPS) is 12.9. The zero-order chi connectivity index (χ0) is 14.3. The fraction of sp³-hybridized carbons (Fsp3) is 0.467. The minimum Gasteiger partial charge on any atom is -0.395 e. The summed E-state index contributed by atoms with van der Waals surface area (Å²) in [7, 11) is 0. The average molecular weight is 281 g/mol. The van der Waals surface area contributed by atoms with E-state index in [-0.39, 0.29) is 19.3 Å². The quantitative estimate of drug-likeness (QED) is 0.568. The van der Waals surface area contributed by atoms with Crippen molar-refractivity contribution >= 4 is 11.9 Å². The zero-order valence-corrected chi connectivity index (χ0v) is 12.4. The lowest BCUT2D eigenvalue weighted by molar-refractivity contribution is 0.179. The standard InChI is InChI=1S/C15H23NO2S/c1-4-5-14(11-18)16(12(2)3)19-15-8-6-13(10-17)7-9-15/h4,6-9,12,14,17-18H,1,5,10-11H2,2-3H3. The van der Waals surface area contributed by atoms with Gasteiger partial charge in [0.05, 0.1) is 13.2 Å². The molecule has 0 aliphatic rings. The van der Waals surface area contributed by atoms with Crippen molar-refractivity contribution in [3.8, 4) is 0 Å². The third-order valence-corrected chi connectivity index (χ3v) is 4.25. The van der Waals surface area contributed by atoms with Crippen molar-refractivity contribution in [1.29, 1.82) is 0 Å². The van der Waals surface area contributed by atoms with Gasteiger partial charge in [-0.1, -0.05) is 18.2 Å². The van der Waals surface area contributed by atoms with Crippen LogP contribution in [0.2, 0.25) is 0 Å². The van der Waals surface area contributed by atoms with E-state index in [1.807, 2.05) is 30.3 Å². The minimum absolute atomic E-state index is 0.0641.